The number of carbonyl (C=O) groups is 1. The number of amides is 1. The zero-order valence-electron chi connectivity index (χ0n) is 11.4. The molecule has 1 aromatic rings. The Labute approximate surface area is 114 Å². The van der Waals surface area contributed by atoms with Crippen LogP contribution in [0.4, 0.5) is 0 Å². The minimum atomic E-state index is -0.0637. The van der Waals surface area contributed by atoms with Gasteiger partial charge < -0.3 is 4.90 Å². The highest BCUT2D eigenvalue weighted by Crippen LogP contribution is 2.19. The average Bonchev–Trinajstić information content (AvgIpc) is 2.69. The zero-order chi connectivity index (χ0) is 13.5. The van der Waals surface area contributed by atoms with Gasteiger partial charge in [0.15, 0.2) is 5.69 Å². The van der Waals surface area contributed by atoms with Gasteiger partial charge in [-0.25, -0.2) is 0 Å². The summed E-state index contributed by atoms with van der Waals surface area (Å²) in [4.78, 5) is 14.2. The molecule has 102 valence electrons. The summed E-state index contributed by atoms with van der Waals surface area (Å²) in [5.74, 6) is -0.0637. The predicted molar refractivity (Wildman–Crippen MR) is 74.1 cm³/mol. The van der Waals surface area contributed by atoms with Crippen molar-refractivity contribution >= 4 is 17.5 Å². The van der Waals surface area contributed by atoms with E-state index in [-0.39, 0.29) is 5.91 Å². The molecular weight excluding hydrogens is 250 g/mol. The third-order valence-corrected chi connectivity index (χ3v) is 3.39. The van der Waals surface area contributed by atoms with Crippen LogP contribution in [-0.2, 0) is 0 Å². The lowest BCUT2D eigenvalue weighted by molar-refractivity contribution is 0.0745. The van der Waals surface area contributed by atoms with E-state index in [4.69, 9.17) is 11.6 Å². The normalized spacial score (nSPS) is 10.7. The van der Waals surface area contributed by atoms with Gasteiger partial charge >= 0.3 is 0 Å². The lowest BCUT2D eigenvalue weighted by Gasteiger charge is -2.21. The molecule has 0 saturated carbocycles. The van der Waals surface area contributed by atoms with E-state index in [1.54, 1.807) is 0 Å². The molecule has 0 spiro atoms. The van der Waals surface area contributed by atoms with Crippen LogP contribution < -0.4 is 0 Å². The maximum atomic E-state index is 12.3. The van der Waals surface area contributed by atoms with Crippen LogP contribution >= 0.6 is 11.6 Å². The largest absolute Gasteiger partial charge is 0.337 e. The van der Waals surface area contributed by atoms with Crippen molar-refractivity contribution in [2.24, 2.45) is 0 Å². The average molecular weight is 272 g/mol. The second-order valence-electron chi connectivity index (χ2n) is 4.51. The summed E-state index contributed by atoms with van der Waals surface area (Å²) < 4.78 is 0. The van der Waals surface area contributed by atoms with Gasteiger partial charge in [0.2, 0.25) is 0 Å². The monoisotopic (exact) mass is 271 g/mol. The Morgan fingerprint density at radius 1 is 1.28 bits per heavy atom. The Kier molecular flexibility index (Phi) is 6.19. The molecular formula is C13H22ClN3O. The molecule has 0 aliphatic rings. The van der Waals surface area contributed by atoms with E-state index in [9.17, 15) is 4.79 Å². The summed E-state index contributed by atoms with van der Waals surface area (Å²) >= 11 is 6.07. The van der Waals surface area contributed by atoms with Crippen molar-refractivity contribution in [3.63, 3.8) is 0 Å². The molecule has 0 aromatic carbocycles. The van der Waals surface area contributed by atoms with Crippen LogP contribution in [0.25, 0.3) is 0 Å². The van der Waals surface area contributed by atoms with Crippen LogP contribution in [0, 0.1) is 6.92 Å². The number of aromatic nitrogens is 2. The summed E-state index contributed by atoms with van der Waals surface area (Å²) in [5, 5.41) is 7.20. The van der Waals surface area contributed by atoms with E-state index in [1.165, 1.54) is 0 Å². The van der Waals surface area contributed by atoms with Gasteiger partial charge in [0.1, 0.15) is 0 Å². The molecule has 1 aromatic heterocycles. The number of nitrogens with one attached hydrogen (secondary N) is 1. The summed E-state index contributed by atoms with van der Waals surface area (Å²) in [6, 6.07) is 0. The van der Waals surface area contributed by atoms with Gasteiger partial charge in [-0.15, -0.1) is 0 Å². The van der Waals surface area contributed by atoms with Gasteiger partial charge in [0.25, 0.3) is 5.91 Å². The molecule has 18 heavy (non-hydrogen) atoms. The fourth-order valence-corrected chi connectivity index (χ4v) is 1.89. The van der Waals surface area contributed by atoms with Gasteiger partial charge in [0, 0.05) is 13.1 Å². The molecule has 0 fully saturated rings. The summed E-state index contributed by atoms with van der Waals surface area (Å²) in [6.45, 7) is 7.60. The van der Waals surface area contributed by atoms with Gasteiger partial charge in [-0.2, -0.15) is 5.10 Å². The third-order valence-electron chi connectivity index (χ3n) is 2.93. The summed E-state index contributed by atoms with van der Waals surface area (Å²) in [5.41, 5.74) is 1.09. The molecule has 0 aliphatic heterocycles. The van der Waals surface area contributed by atoms with Crippen LogP contribution in [0.1, 0.15) is 55.7 Å². The van der Waals surface area contributed by atoms with E-state index in [0.29, 0.717) is 10.7 Å². The Morgan fingerprint density at radius 3 is 2.22 bits per heavy atom. The topological polar surface area (TPSA) is 49.0 Å². The Hall–Kier alpha value is -1.03. The second kappa shape index (κ2) is 7.41. The molecule has 5 heteroatoms. The highest BCUT2D eigenvalue weighted by molar-refractivity contribution is 6.34. The highest BCUT2D eigenvalue weighted by Gasteiger charge is 2.21. The van der Waals surface area contributed by atoms with Crippen LogP contribution in [0.2, 0.25) is 5.02 Å². The first kappa shape index (κ1) is 15.0. The molecule has 0 unspecified atom stereocenters. The first-order valence-electron chi connectivity index (χ1n) is 6.61. The van der Waals surface area contributed by atoms with E-state index in [0.717, 1.165) is 44.5 Å². The summed E-state index contributed by atoms with van der Waals surface area (Å²) in [6.07, 6.45) is 4.17. The quantitative estimate of drug-likeness (QED) is 0.826. The number of unbranched alkanes of at least 4 members (excludes halogenated alkanes) is 2. The number of carbonyl (C=O) groups excluding carboxylic acids is 1. The van der Waals surface area contributed by atoms with Crippen molar-refractivity contribution in [1.82, 2.24) is 15.1 Å². The molecule has 0 atom stereocenters. The van der Waals surface area contributed by atoms with Crippen LogP contribution in [-0.4, -0.2) is 34.1 Å². The highest BCUT2D eigenvalue weighted by atomic mass is 35.5. The molecule has 1 amide bonds. The molecule has 1 N–H and O–H groups in total. The molecule has 0 radical (unpaired) electrons. The fourth-order valence-electron chi connectivity index (χ4n) is 1.72. The number of nitrogens with zero attached hydrogens (tertiary/aromatic N) is 2. The number of rotatable bonds is 7. The third kappa shape index (κ3) is 3.73. The Morgan fingerprint density at radius 2 is 1.83 bits per heavy atom. The lowest BCUT2D eigenvalue weighted by atomic mass is 10.2. The van der Waals surface area contributed by atoms with Crippen molar-refractivity contribution in [1.29, 1.82) is 0 Å². The Balaban J connectivity index is 2.77. The minimum Gasteiger partial charge on any atom is -0.337 e. The van der Waals surface area contributed by atoms with Crippen molar-refractivity contribution in [3.8, 4) is 0 Å². The number of aromatic amines is 1. The lowest BCUT2D eigenvalue weighted by Crippen LogP contribution is -2.33. The smallest absolute Gasteiger partial charge is 0.275 e. The molecule has 1 rings (SSSR count). The molecule has 0 aliphatic carbocycles. The maximum absolute atomic E-state index is 12.3. The van der Waals surface area contributed by atoms with Gasteiger partial charge in [-0.3, -0.25) is 9.89 Å². The SMILES string of the molecule is CCCCN(CCCC)C(=O)c1n[nH]c(C)c1Cl. The molecule has 4 nitrogen and oxygen atoms in total. The van der Waals surface area contributed by atoms with Crippen LogP contribution in [0.15, 0.2) is 0 Å². The van der Waals surface area contributed by atoms with E-state index >= 15 is 0 Å². The first-order chi connectivity index (χ1) is 8.61. The van der Waals surface area contributed by atoms with Crippen LogP contribution in [0.3, 0.4) is 0 Å². The number of hydrogen-bond acceptors (Lipinski definition) is 2. The van der Waals surface area contributed by atoms with E-state index in [2.05, 4.69) is 24.0 Å². The molecule has 0 bridgehead atoms. The first-order valence-corrected chi connectivity index (χ1v) is 6.99. The van der Waals surface area contributed by atoms with Gasteiger partial charge in [-0.1, -0.05) is 38.3 Å². The predicted octanol–water partition coefficient (Wildman–Crippen LogP) is 3.41. The number of hydrogen-bond donors (Lipinski definition) is 1. The molecule has 0 saturated heterocycles. The summed E-state index contributed by atoms with van der Waals surface area (Å²) in [7, 11) is 0. The minimum absolute atomic E-state index is 0.0637. The number of H-pyrrole nitrogens is 1. The van der Waals surface area contributed by atoms with Crippen molar-refractivity contribution in [2.75, 3.05) is 13.1 Å². The number of aryl methyl sites for hydroxylation is 1. The van der Waals surface area contributed by atoms with E-state index < -0.39 is 0 Å². The fraction of sp³-hybridized carbons (Fsp3) is 0.692. The Bertz CT molecular complexity index is 382. The maximum Gasteiger partial charge on any atom is 0.275 e. The van der Waals surface area contributed by atoms with Crippen molar-refractivity contribution in [2.45, 2.75) is 46.5 Å². The molecule has 1 heterocycles. The van der Waals surface area contributed by atoms with Crippen LogP contribution in [0.5, 0.6) is 0 Å². The zero-order valence-corrected chi connectivity index (χ0v) is 12.2. The second-order valence-corrected chi connectivity index (χ2v) is 4.89. The van der Waals surface area contributed by atoms with Crippen molar-refractivity contribution < 1.29 is 4.79 Å². The van der Waals surface area contributed by atoms with Crippen molar-refractivity contribution in [3.05, 3.63) is 16.4 Å². The standard InChI is InChI=1S/C13H22ClN3O/c1-4-6-8-17(9-7-5-2)13(18)12-11(14)10(3)15-16-12/h4-9H2,1-3H3,(H,15,16). The van der Waals surface area contributed by atoms with E-state index in [1.807, 2.05) is 11.8 Å². The van der Waals surface area contributed by atoms with Gasteiger partial charge in [0.05, 0.1) is 10.7 Å². The number of halogens is 1. The van der Waals surface area contributed by atoms with Gasteiger partial charge in [-0.05, 0) is 19.8 Å².